The molecule has 1 aliphatic rings. The Kier molecular flexibility index (Phi) is 6.27. The highest BCUT2D eigenvalue weighted by atomic mass is 32.2. The molecule has 1 fully saturated rings. The molecule has 0 N–H and O–H groups in total. The number of hydrogen-bond donors (Lipinski definition) is 0. The standard InChI is InChI=1S/C20H31N3O2S/c1-14-8-10-15(11-9-14)21(5)19(25)23-16(12-13-26-7)17(24)22(6)18(23)20(2,3)4/h8-11,16,18H,12-13H2,1-7H3/t16-,18+/m0/s1. The van der Waals surface area contributed by atoms with Gasteiger partial charge >= 0.3 is 6.03 Å². The Balaban J connectivity index is 2.39. The Morgan fingerprint density at radius 3 is 2.31 bits per heavy atom. The van der Waals surface area contributed by atoms with Crippen LogP contribution < -0.4 is 4.90 Å². The Bertz CT molecular complexity index is 654. The molecule has 0 bridgehead atoms. The molecule has 0 radical (unpaired) electrons. The van der Waals surface area contributed by atoms with Gasteiger partial charge in [0.2, 0.25) is 5.91 Å². The molecule has 1 aromatic carbocycles. The van der Waals surface area contributed by atoms with Crippen molar-refractivity contribution in [2.24, 2.45) is 5.41 Å². The van der Waals surface area contributed by atoms with E-state index < -0.39 is 6.04 Å². The minimum absolute atomic E-state index is 0.0321. The fourth-order valence-corrected chi connectivity index (χ4v) is 4.07. The second kappa shape index (κ2) is 7.91. The zero-order chi connectivity index (χ0) is 19.6. The van der Waals surface area contributed by atoms with Crippen LogP contribution in [0.25, 0.3) is 0 Å². The van der Waals surface area contributed by atoms with Crippen LogP contribution in [0.3, 0.4) is 0 Å². The molecule has 1 aliphatic heterocycles. The van der Waals surface area contributed by atoms with Crippen molar-refractivity contribution in [1.82, 2.24) is 9.80 Å². The van der Waals surface area contributed by atoms with Gasteiger partial charge in [0.1, 0.15) is 12.2 Å². The van der Waals surface area contributed by atoms with E-state index in [9.17, 15) is 9.59 Å². The van der Waals surface area contributed by atoms with Crippen molar-refractivity contribution in [1.29, 1.82) is 0 Å². The van der Waals surface area contributed by atoms with E-state index in [-0.39, 0.29) is 23.5 Å². The third-order valence-corrected chi connectivity index (χ3v) is 5.54. The molecule has 0 spiro atoms. The summed E-state index contributed by atoms with van der Waals surface area (Å²) in [5, 5.41) is 0. The predicted octanol–water partition coefficient (Wildman–Crippen LogP) is 3.82. The van der Waals surface area contributed by atoms with Crippen molar-refractivity contribution in [3.63, 3.8) is 0 Å². The summed E-state index contributed by atoms with van der Waals surface area (Å²) in [6.45, 7) is 8.24. The number of carbonyl (C=O) groups excluding carboxylic acids is 2. The summed E-state index contributed by atoms with van der Waals surface area (Å²) in [6, 6.07) is 7.34. The van der Waals surface area contributed by atoms with Crippen LogP contribution in [0.1, 0.15) is 32.8 Å². The van der Waals surface area contributed by atoms with Gasteiger partial charge in [-0.05, 0) is 37.5 Å². The van der Waals surface area contributed by atoms with E-state index in [2.05, 4.69) is 20.8 Å². The van der Waals surface area contributed by atoms with E-state index in [1.807, 2.05) is 44.5 Å². The van der Waals surface area contributed by atoms with Crippen LogP contribution in [-0.4, -0.2) is 60.0 Å². The number of thioether (sulfide) groups is 1. The molecule has 2 rings (SSSR count). The number of aryl methyl sites for hydroxylation is 1. The highest BCUT2D eigenvalue weighted by molar-refractivity contribution is 7.98. The first-order valence-electron chi connectivity index (χ1n) is 8.98. The summed E-state index contributed by atoms with van der Waals surface area (Å²) >= 11 is 1.70. The SMILES string of the molecule is CSCC[C@H]1C(=O)N(C)[C@@H](C(C)(C)C)N1C(=O)N(C)c1ccc(C)cc1. The van der Waals surface area contributed by atoms with Gasteiger partial charge in [0.15, 0.2) is 0 Å². The van der Waals surface area contributed by atoms with Crippen LogP contribution in [0.2, 0.25) is 0 Å². The summed E-state index contributed by atoms with van der Waals surface area (Å²) < 4.78 is 0. The van der Waals surface area contributed by atoms with E-state index in [1.54, 1.807) is 33.5 Å². The number of carbonyl (C=O) groups is 2. The van der Waals surface area contributed by atoms with Gasteiger partial charge in [-0.2, -0.15) is 11.8 Å². The lowest BCUT2D eigenvalue weighted by Gasteiger charge is -2.40. The highest BCUT2D eigenvalue weighted by Gasteiger charge is 2.51. The lowest BCUT2D eigenvalue weighted by Crippen LogP contribution is -2.54. The van der Waals surface area contributed by atoms with Gasteiger partial charge in [-0.25, -0.2) is 4.79 Å². The molecule has 26 heavy (non-hydrogen) atoms. The molecule has 5 nitrogen and oxygen atoms in total. The average molecular weight is 378 g/mol. The number of hydrogen-bond acceptors (Lipinski definition) is 3. The monoisotopic (exact) mass is 377 g/mol. The molecule has 1 heterocycles. The number of likely N-dealkylation sites (N-methyl/N-ethyl adjacent to an activating group) is 1. The number of nitrogens with zero attached hydrogens (tertiary/aromatic N) is 3. The molecule has 2 atom stereocenters. The Hall–Kier alpha value is -1.69. The molecular formula is C20H31N3O2S. The zero-order valence-corrected chi connectivity index (χ0v) is 17.8. The summed E-state index contributed by atoms with van der Waals surface area (Å²) in [5.41, 5.74) is 1.75. The molecule has 6 heteroatoms. The smallest absolute Gasteiger partial charge is 0.323 e. The van der Waals surface area contributed by atoms with Gasteiger partial charge in [-0.3, -0.25) is 14.6 Å². The van der Waals surface area contributed by atoms with Gasteiger partial charge in [0, 0.05) is 25.2 Å². The summed E-state index contributed by atoms with van der Waals surface area (Å²) in [4.78, 5) is 31.5. The average Bonchev–Trinajstić information content (AvgIpc) is 2.83. The largest absolute Gasteiger partial charge is 0.326 e. The fraction of sp³-hybridized carbons (Fsp3) is 0.600. The van der Waals surface area contributed by atoms with Crippen LogP contribution in [0.4, 0.5) is 10.5 Å². The normalized spacial score (nSPS) is 20.7. The van der Waals surface area contributed by atoms with E-state index in [0.29, 0.717) is 6.42 Å². The molecule has 0 aromatic heterocycles. The Labute approximate surface area is 161 Å². The third-order valence-electron chi connectivity index (χ3n) is 4.90. The number of amides is 3. The number of urea groups is 1. The minimum Gasteiger partial charge on any atom is -0.323 e. The van der Waals surface area contributed by atoms with E-state index in [1.165, 1.54) is 0 Å². The summed E-state index contributed by atoms with van der Waals surface area (Å²) in [7, 11) is 3.59. The maximum Gasteiger partial charge on any atom is 0.326 e. The van der Waals surface area contributed by atoms with E-state index in [4.69, 9.17) is 0 Å². The van der Waals surface area contributed by atoms with Crippen molar-refractivity contribution in [3.8, 4) is 0 Å². The van der Waals surface area contributed by atoms with Gasteiger partial charge in [-0.1, -0.05) is 38.5 Å². The first kappa shape index (κ1) is 20.6. The summed E-state index contributed by atoms with van der Waals surface area (Å²) in [5.74, 6) is 0.878. The Morgan fingerprint density at radius 1 is 1.23 bits per heavy atom. The third kappa shape index (κ3) is 4.00. The maximum absolute atomic E-state index is 13.4. The number of benzene rings is 1. The zero-order valence-electron chi connectivity index (χ0n) is 16.9. The van der Waals surface area contributed by atoms with Crippen molar-refractivity contribution in [2.75, 3.05) is 31.0 Å². The first-order chi connectivity index (χ1) is 12.1. The lowest BCUT2D eigenvalue weighted by molar-refractivity contribution is -0.129. The van der Waals surface area contributed by atoms with Crippen LogP contribution in [0.5, 0.6) is 0 Å². The van der Waals surface area contributed by atoms with Gasteiger partial charge in [0.05, 0.1) is 0 Å². The second-order valence-corrected chi connectivity index (χ2v) is 9.06. The van der Waals surface area contributed by atoms with E-state index >= 15 is 0 Å². The molecule has 3 amide bonds. The maximum atomic E-state index is 13.4. The van der Waals surface area contributed by atoms with Crippen molar-refractivity contribution in [3.05, 3.63) is 29.8 Å². The van der Waals surface area contributed by atoms with Crippen LogP contribution in [-0.2, 0) is 4.79 Å². The topological polar surface area (TPSA) is 43.9 Å². The van der Waals surface area contributed by atoms with Gasteiger partial charge in [0.25, 0.3) is 0 Å². The second-order valence-electron chi connectivity index (χ2n) is 8.07. The minimum atomic E-state index is -0.405. The molecule has 0 saturated carbocycles. The molecule has 1 aromatic rings. The van der Waals surface area contributed by atoms with Crippen molar-refractivity contribution >= 4 is 29.4 Å². The lowest BCUT2D eigenvalue weighted by atomic mass is 9.91. The Morgan fingerprint density at radius 2 is 1.81 bits per heavy atom. The van der Waals surface area contributed by atoms with Gasteiger partial charge < -0.3 is 4.90 Å². The quantitative estimate of drug-likeness (QED) is 0.801. The van der Waals surface area contributed by atoms with Crippen molar-refractivity contribution in [2.45, 2.75) is 46.3 Å². The summed E-state index contributed by atoms with van der Waals surface area (Å²) in [6.07, 6.45) is 2.43. The molecular weight excluding hydrogens is 346 g/mol. The molecule has 144 valence electrons. The predicted molar refractivity (Wildman–Crippen MR) is 110 cm³/mol. The van der Waals surface area contributed by atoms with Crippen LogP contribution >= 0.6 is 11.8 Å². The van der Waals surface area contributed by atoms with Crippen LogP contribution in [0.15, 0.2) is 24.3 Å². The molecule has 1 saturated heterocycles. The fourth-order valence-electron chi connectivity index (χ4n) is 3.61. The molecule has 0 aliphatic carbocycles. The number of anilines is 1. The molecule has 0 unspecified atom stereocenters. The number of rotatable bonds is 4. The van der Waals surface area contributed by atoms with Crippen LogP contribution in [0, 0.1) is 12.3 Å². The van der Waals surface area contributed by atoms with E-state index in [0.717, 1.165) is 17.0 Å². The van der Waals surface area contributed by atoms with Gasteiger partial charge in [-0.15, -0.1) is 0 Å². The van der Waals surface area contributed by atoms with Crippen molar-refractivity contribution < 1.29 is 9.59 Å². The first-order valence-corrected chi connectivity index (χ1v) is 10.4. The highest BCUT2D eigenvalue weighted by Crippen LogP contribution is 2.36.